The molecule has 5 rings (SSSR count). The first kappa shape index (κ1) is 18.9. The fraction of sp³-hybridized carbons (Fsp3) is 0.364. The molecule has 2 aromatic carbocycles. The van der Waals surface area contributed by atoms with E-state index in [0.717, 1.165) is 25.8 Å². The summed E-state index contributed by atoms with van der Waals surface area (Å²) in [5, 5.41) is 11.1. The molecule has 1 aromatic heterocycles. The average Bonchev–Trinajstić information content (AvgIpc) is 3.23. The van der Waals surface area contributed by atoms with Crippen molar-refractivity contribution >= 4 is 40.2 Å². The molecule has 7 heteroatoms. The van der Waals surface area contributed by atoms with E-state index in [1.165, 1.54) is 0 Å². The molecular weight excluding hydrogens is 411 g/mol. The number of likely N-dealkylation sites (tertiary alicyclic amines) is 1. The SMILES string of the molecule is CC1(O)CC2(CCN(C(=O)c3ccc4nc(-c5cc(Cl)cc(Cl)c5)oc4c3)C2)C1. The van der Waals surface area contributed by atoms with E-state index >= 15 is 0 Å². The molecule has 0 bridgehead atoms. The van der Waals surface area contributed by atoms with E-state index in [1.807, 2.05) is 11.8 Å². The van der Waals surface area contributed by atoms with Crippen LogP contribution in [0, 0.1) is 5.41 Å². The van der Waals surface area contributed by atoms with Crippen LogP contribution in [-0.4, -0.2) is 39.6 Å². The Kier molecular flexibility index (Phi) is 4.21. The number of aromatic nitrogens is 1. The zero-order valence-corrected chi connectivity index (χ0v) is 17.4. The Hall–Kier alpha value is -2.08. The second-order valence-corrected chi connectivity index (χ2v) is 9.56. The fourth-order valence-corrected chi connectivity index (χ4v) is 5.53. The highest BCUT2D eigenvalue weighted by Crippen LogP contribution is 2.53. The summed E-state index contributed by atoms with van der Waals surface area (Å²) in [7, 11) is 0. The van der Waals surface area contributed by atoms with Crippen molar-refractivity contribution in [1.82, 2.24) is 9.88 Å². The number of aliphatic hydroxyl groups is 1. The fourth-order valence-electron chi connectivity index (χ4n) is 5.00. The molecule has 1 amide bonds. The van der Waals surface area contributed by atoms with Crippen molar-refractivity contribution in [3.63, 3.8) is 0 Å². The summed E-state index contributed by atoms with van der Waals surface area (Å²) in [6.07, 6.45) is 2.46. The molecule has 1 saturated carbocycles. The number of carbonyl (C=O) groups excluding carboxylic acids is 1. The maximum Gasteiger partial charge on any atom is 0.254 e. The summed E-state index contributed by atoms with van der Waals surface area (Å²) in [4.78, 5) is 19.4. The molecule has 3 aromatic rings. The minimum atomic E-state index is -0.586. The number of hydrogen-bond donors (Lipinski definition) is 1. The zero-order valence-electron chi connectivity index (χ0n) is 15.9. The summed E-state index contributed by atoms with van der Waals surface area (Å²) in [5.41, 5.74) is 1.96. The van der Waals surface area contributed by atoms with Crippen LogP contribution in [0.1, 0.15) is 36.5 Å². The molecule has 1 saturated heterocycles. The lowest BCUT2D eigenvalue weighted by atomic mass is 9.59. The third-order valence-electron chi connectivity index (χ3n) is 5.98. The van der Waals surface area contributed by atoms with Gasteiger partial charge in [-0.3, -0.25) is 4.79 Å². The molecule has 5 nitrogen and oxygen atoms in total. The van der Waals surface area contributed by atoms with Crippen LogP contribution in [0.15, 0.2) is 40.8 Å². The highest BCUT2D eigenvalue weighted by molar-refractivity contribution is 6.35. The second-order valence-electron chi connectivity index (χ2n) is 8.69. The molecule has 2 fully saturated rings. The van der Waals surface area contributed by atoms with Gasteiger partial charge in [-0.25, -0.2) is 4.98 Å². The topological polar surface area (TPSA) is 66.6 Å². The number of oxazole rings is 1. The first-order valence-corrected chi connectivity index (χ1v) is 10.4. The normalized spacial score (nSPS) is 26.3. The van der Waals surface area contributed by atoms with E-state index in [0.29, 0.717) is 44.7 Å². The monoisotopic (exact) mass is 430 g/mol. The summed E-state index contributed by atoms with van der Waals surface area (Å²) >= 11 is 12.2. The van der Waals surface area contributed by atoms with Gasteiger partial charge >= 0.3 is 0 Å². The van der Waals surface area contributed by atoms with Crippen molar-refractivity contribution in [2.75, 3.05) is 13.1 Å². The van der Waals surface area contributed by atoms with Crippen molar-refractivity contribution in [3.8, 4) is 11.5 Å². The maximum absolute atomic E-state index is 13.0. The number of amides is 1. The van der Waals surface area contributed by atoms with Crippen LogP contribution in [0.5, 0.6) is 0 Å². The Morgan fingerprint density at radius 3 is 2.59 bits per heavy atom. The van der Waals surface area contributed by atoms with E-state index < -0.39 is 5.60 Å². The van der Waals surface area contributed by atoms with Crippen LogP contribution < -0.4 is 0 Å². The van der Waals surface area contributed by atoms with Crippen molar-refractivity contribution in [1.29, 1.82) is 0 Å². The molecular formula is C22H20Cl2N2O3. The van der Waals surface area contributed by atoms with Gasteiger partial charge in [-0.05, 0) is 68.0 Å². The third kappa shape index (κ3) is 3.41. The Morgan fingerprint density at radius 2 is 1.90 bits per heavy atom. The highest BCUT2D eigenvalue weighted by Gasteiger charge is 2.54. The standard InChI is InChI=1S/C22H20Cl2N2O3/c1-21(28)10-22(11-21)4-5-26(12-22)20(27)13-2-3-17-18(8-13)29-19(25-17)14-6-15(23)9-16(24)7-14/h2-3,6-9,28H,4-5,10-12H2,1H3. The van der Waals surface area contributed by atoms with Gasteiger partial charge in [0.05, 0.1) is 5.60 Å². The van der Waals surface area contributed by atoms with E-state index in [1.54, 1.807) is 36.4 Å². The van der Waals surface area contributed by atoms with Crippen molar-refractivity contribution in [2.24, 2.45) is 5.41 Å². The van der Waals surface area contributed by atoms with Gasteiger partial charge in [0, 0.05) is 34.3 Å². The predicted octanol–water partition coefficient (Wildman–Crippen LogP) is 5.18. The lowest BCUT2D eigenvalue weighted by molar-refractivity contribution is -0.108. The predicted molar refractivity (Wildman–Crippen MR) is 112 cm³/mol. The van der Waals surface area contributed by atoms with E-state index in [-0.39, 0.29) is 11.3 Å². The summed E-state index contributed by atoms with van der Waals surface area (Å²) < 4.78 is 5.89. The lowest BCUT2D eigenvalue weighted by Crippen LogP contribution is -2.51. The quantitative estimate of drug-likeness (QED) is 0.607. The maximum atomic E-state index is 13.0. The van der Waals surface area contributed by atoms with E-state index in [4.69, 9.17) is 27.6 Å². The van der Waals surface area contributed by atoms with Gasteiger partial charge in [-0.15, -0.1) is 0 Å². The summed E-state index contributed by atoms with van der Waals surface area (Å²) in [5.74, 6) is 0.393. The number of nitrogens with zero attached hydrogens (tertiary/aromatic N) is 2. The molecule has 150 valence electrons. The third-order valence-corrected chi connectivity index (χ3v) is 6.42. The second kappa shape index (κ2) is 6.46. The van der Waals surface area contributed by atoms with Crippen molar-refractivity contribution in [3.05, 3.63) is 52.0 Å². The molecule has 0 atom stereocenters. The first-order chi connectivity index (χ1) is 13.7. The summed E-state index contributed by atoms with van der Waals surface area (Å²) in [6, 6.07) is 10.4. The number of halogens is 2. The van der Waals surface area contributed by atoms with Gasteiger partial charge in [0.15, 0.2) is 5.58 Å². The zero-order chi connectivity index (χ0) is 20.4. The molecule has 1 N–H and O–H groups in total. The van der Waals surface area contributed by atoms with Gasteiger partial charge in [-0.1, -0.05) is 23.2 Å². The van der Waals surface area contributed by atoms with Gasteiger partial charge in [0.2, 0.25) is 5.89 Å². The minimum absolute atomic E-state index is 0.0148. The van der Waals surface area contributed by atoms with Gasteiger partial charge < -0.3 is 14.4 Å². The van der Waals surface area contributed by atoms with E-state index in [9.17, 15) is 9.90 Å². The van der Waals surface area contributed by atoms with Crippen LogP contribution in [0.3, 0.4) is 0 Å². The average molecular weight is 431 g/mol. The van der Waals surface area contributed by atoms with Gasteiger partial charge in [0.25, 0.3) is 5.91 Å². The Bertz CT molecular complexity index is 1110. The van der Waals surface area contributed by atoms with Crippen LogP contribution in [0.25, 0.3) is 22.6 Å². The molecule has 1 aliphatic carbocycles. The van der Waals surface area contributed by atoms with Crippen LogP contribution in [-0.2, 0) is 0 Å². The molecule has 29 heavy (non-hydrogen) atoms. The Balaban J connectivity index is 1.39. The molecule has 2 aliphatic rings. The smallest absolute Gasteiger partial charge is 0.254 e. The Labute approximate surface area is 178 Å². The minimum Gasteiger partial charge on any atom is -0.436 e. The molecule has 0 unspecified atom stereocenters. The Morgan fingerprint density at radius 1 is 1.17 bits per heavy atom. The van der Waals surface area contributed by atoms with Crippen molar-refractivity contribution in [2.45, 2.75) is 31.8 Å². The number of hydrogen-bond acceptors (Lipinski definition) is 4. The molecule has 1 aliphatic heterocycles. The van der Waals surface area contributed by atoms with Gasteiger partial charge in [-0.2, -0.15) is 0 Å². The molecule has 2 heterocycles. The highest BCUT2D eigenvalue weighted by atomic mass is 35.5. The van der Waals surface area contributed by atoms with Crippen LogP contribution >= 0.6 is 23.2 Å². The number of fused-ring (bicyclic) bond motifs is 1. The molecule has 0 radical (unpaired) electrons. The number of benzene rings is 2. The van der Waals surface area contributed by atoms with Crippen LogP contribution in [0.2, 0.25) is 10.0 Å². The number of carbonyl (C=O) groups is 1. The largest absolute Gasteiger partial charge is 0.436 e. The number of rotatable bonds is 2. The van der Waals surface area contributed by atoms with Crippen LogP contribution in [0.4, 0.5) is 0 Å². The van der Waals surface area contributed by atoms with Gasteiger partial charge in [0.1, 0.15) is 5.52 Å². The molecule has 1 spiro atoms. The van der Waals surface area contributed by atoms with E-state index in [2.05, 4.69) is 4.98 Å². The summed E-state index contributed by atoms with van der Waals surface area (Å²) in [6.45, 7) is 3.28. The first-order valence-electron chi connectivity index (χ1n) is 9.61. The van der Waals surface area contributed by atoms with Crippen molar-refractivity contribution < 1.29 is 14.3 Å². The lowest BCUT2D eigenvalue weighted by Gasteiger charge is -2.49.